The van der Waals surface area contributed by atoms with E-state index < -0.39 is 0 Å². The van der Waals surface area contributed by atoms with Gasteiger partial charge in [-0.25, -0.2) is 4.98 Å². The number of benzene rings is 2. The Morgan fingerprint density at radius 3 is 2.42 bits per heavy atom. The average molecular weight is 431 g/mol. The molecule has 4 heteroatoms. The van der Waals surface area contributed by atoms with E-state index in [1.807, 2.05) is 61.7 Å². The highest BCUT2D eigenvalue weighted by molar-refractivity contribution is 6.30. The summed E-state index contributed by atoms with van der Waals surface area (Å²) in [6.45, 7) is 2.71. The van der Waals surface area contributed by atoms with Crippen LogP contribution in [0, 0.1) is 18.8 Å². The first kappa shape index (κ1) is 21.4. The van der Waals surface area contributed by atoms with Gasteiger partial charge in [-0.05, 0) is 79.6 Å². The largest absolute Gasteiger partial charge is 0.493 e. The topological polar surface area (TPSA) is 48.1 Å². The maximum Gasteiger partial charge on any atom is 0.122 e. The number of aryl methyl sites for hydroxylation is 1. The van der Waals surface area contributed by atoms with Crippen molar-refractivity contribution in [2.24, 2.45) is 5.73 Å². The molecule has 0 bridgehead atoms. The third-order valence-corrected chi connectivity index (χ3v) is 6.16. The standard InChI is InChI=1S/C27H27ClN2O/c1-20-18-21(5-13-26(20)31-17-16-27(29)14-2-3-15-27)4-11-25-12-8-23(19-30-25)22-6-9-24(28)10-7-22/h5-10,12-13,18-19H,2-3,14-17,29H2,1H3. The Bertz CT molecular complexity index is 1090. The van der Waals surface area contributed by atoms with Crippen molar-refractivity contribution in [1.82, 2.24) is 4.98 Å². The number of aromatic nitrogens is 1. The van der Waals surface area contributed by atoms with Crippen LogP contribution in [0.25, 0.3) is 11.1 Å². The Kier molecular flexibility index (Phi) is 6.61. The number of halogens is 1. The minimum atomic E-state index is -0.0323. The van der Waals surface area contributed by atoms with Gasteiger partial charge < -0.3 is 10.5 Å². The molecule has 0 unspecified atom stereocenters. The first-order valence-corrected chi connectivity index (χ1v) is 11.1. The van der Waals surface area contributed by atoms with Gasteiger partial charge in [0.05, 0.1) is 6.61 Å². The Morgan fingerprint density at radius 1 is 1.00 bits per heavy atom. The molecule has 158 valence electrons. The molecule has 1 aliphatic carbocycles. The molecule has 3 nitrogen and oxygen atoms in total. The van der Waals surface area contributed by atoms with E-state index in [0.717, 1.165) is 58.0 Å². The van der Waals surface area contributed by atoms with E-state index in [1.165, 1.54) is 12.8 Å². The van der Waals surface area contributed by atoms with E-state index in [9.17, 15) is 0 Å². The Hall–Kier alpha value is -2.80. The van der Waals surface area contributed by atoms with Crippen molar-refractivity contribution in [2.75, 3.05) is 6.61 Å². The van der Waals surface area contributed by atoms with Gasteiger partial charge in [-0.2, -0.15) is 0 Å². The number of hydrogen-bond donors (Lipinski definition) is 1. The summed E-state index contributed by atoms with van der Waals surface area (Å²) in [7, 11) is 0. The zero-order valence-electron chi connectivity index (χ0n) is 17.8. The normalized spacial score (nSPS) is 14.7. The first-order valence-electron chi connectivity index (χ1n) is 10.8. The van der Waals surface area contributed by atoms with Crippen molar-refractivity contribution < 1.29 is 4.74 Å². The van der Waals surface area contributed by atoms with Gasteiger partial charge in [0, 0.05) is 27.9 Å². The van der Waals surface area contributed by atoms with Crippen molar-refractivity contribution >= 4 is 11.6 Å². The van der Waals surface area contributed by atoms with Gasteiger partial charge in [0.2, 0.25) is 0 Å². The highest BCUT2D eigenvalue weighted by atomic mass is 35.5. The number of ether oxygens (including phenoxy) is 1. The summed E-state index contributed by atoms with van der Waals surface area (Å²) in [6, 6.07) is 17.7. The molecule has 0 atom stereocenters. The second-order valence-electron chi connectivity index (χ2n) is 8.34. The number of hydrogen-bond acceptors (Lipinski definition) is 3. The van der Waals surface area contributed by atoms with E-state index in [0.29, 0.717) is 6.61 Å². The molecule has 31 heavy (non-hydrogen) atoms. The van der Waals surface area contributed by atoms with Gasteiger partial charge >= 0.3 is 0 Å². The molecular formula is C27H27ClN2O. The van der Waals surface area contributed by atoms with Crippen LogP contribution < -0.4 is 10.5 Å². The summed E-state index contributed by atoms with van der Waals surface area (Å²) in [6.07, 6.45) is 7.44. The minimum absolute atomic E-state index is 0.0323. The van der Waals surface area contributed by atoms with Gasteiger partial charge in [0.15, 0.2) is 0 Å². The van der Waals surface area contributed by atoms with E-state index in [-0.39, 0.29) is 5.54 Å². The fourth-order valence-electron chi connectivity index (χ4n) is 4.00. The summed E-state index contributed by atoms with van der Waals surface area (Å²) < 4.78 is 6.00. The summed E-state index contributed by atoms with van der Waals surface area (Å²) >= 11 is 5.96. The zero-order valence-corrected chi connectivity index (χ0v) is 18.6. The third-order valence-electron chi connectivity index (χ3n) is 5.91. The van der Waals surface area contributed by atoms with E-state index in [2.05, 4.69) is 22.9 Å². The Balaban J connectivity index is 1.37. The van der Waals surface area contributed by atoms with Gasteiger partial charge in [-0.1, -0.05) is 48.6 Å². The fraction of sp³-hybridized carbons (Fsp3) is 0.296. The molecule has 3 aromatic rings. The van der Waals surface area contributed by atoms with Gasteiger partial charge in [0.25, 0.3) is 0 Å². The van der Waals surface area contributed by atoms with Crippen molar-refractivity contribution in [1.29, 1.82) is 0 Å². The molecule has 1 aliphatic rings. The molecule has 1 heterocycles. The van der Waals surface area contributed by atoms with Crippen LogP contribution >= 0.6 is 11.6 Å². The lowest BCUT2D eigenvalue weighted by Gasteiger charge is -2.23. The lowest BCUT2D eigenvalue weighted by atomic mass is 9.95. The van der Waals surface area contributed by atoms with Crippen LogP contribution in [-0.2, 0) is 0 Å². The molecule has 2 aromatic carbocycles. The Morgan fingerprint density at radius 2 is 1.74 bits per heavy atom. The SMILES string of the molecule is Cc1cc(C#Cc2ccc(-c3ccc(Cl)cc3)cn2)ccc1OCCC1(N)CCCC1. The van der Waals surface area contributed by atoms with Crippen LogP contribution in [0.2, 0.25) is 5.02 Å². The molecule has 1 fully saturated rings. The summed E-state index contributed by atoms with van der Waals surface area (Å²) in [5.74, 6) is 7.24. The highest BCUT2D eigenvalue weighted by Crippen LogP contribution is 2.30. The second kappa shape index (κ2) is 9.56. The lowest BCUT2D eigenvalue weighted by molar-refractivity contribution is 0.257. The molecule has 2 N–H and O–H groups in total. The highest BCUT2D eigenvalue weighted by Gasteiger charge is 2.28. The molecule has 0 aliphatic heterocycles. The summed E-state index contributed by atoms with van der Waals surface area (Å²) in [5, 5.41) is 0.725. The predicted octanol–water partition coefficient (Wildman–Crippen LogP) is 6.15. The van der Waals surface area contributed by atoms with Crippen LogP contribution in [0.5, 0.6) is 5.75 Å². The molecule has 4 rings (SSSR count). The average Bonchev–Trinajstić information content (AvgIpc) is 3.21. The molecule has 0 saturated heterocycles. The molecule has 0 spiro atoms. The van der Waals surface area contributed by atoms with Crippen LogP contribution in [-0.4, -0.2) is 17.1 Å². The van der Waals surface area contributed by atoms with Crippen molar-refractivity contribution in [3.8, 4) is 28.7 Å². The monoisotopic (exact) mass is 430 g/mol. The minimum Gasteiger partial charge on any atom is -0.493 e. The smallest absolute Gasteiger partial charge is 0.122 e. The second-order valence-corrected chi connectivity index (χ2v) is 8.77. The van der Waals surface area contributed by atoms with Gasteiger partial charge in [-0.15, -0.1) is 0 Å². The van der Waals surface area contributed by atoms with Gasteiger partial charge in [-0.3, -0.25) is 0 Å². The van der Waals surface area contributed by atoms with E-state index in [1.54, 1.807) is 0 Å². The molecular weight excluding hydrogens is 404 g/mol. The predicted molar refractivity (Wildman–Crippen MR) is 127 cm³/mol. The third kappa shape index (κ3) is 5.67. The van der Waals surface area contributed by atoms with Crippen LogP contribution in [0.15, 0.2) is 60.8 Å². The molecule has 1 saturated carbocycles. The van der Waals surface area contributed by atoms with Gasteiger partial charge in [0.1, 0.15) is 11.4 Å². The molecule has 0 amide bonds. The van der Waals surface area contributed by atoms with Crippen LogP contribution in [0.4, 0.5) is 0 Å². The van der Waals surface area contributed by atoms with Crippen molar-refractivity contribution in [3.05, 3.63) is 82.6 Å². The molecule has 1 aromatic heterocycles. The van der Waals surface area contributed by atoms with Crippen LogP contribution in [0.3, 0.4) is 0 Å². The lowest BCUT2D eigenvalue weighted by Crippen LogP contribution is -2.37. The van der Waals surface area contributed by atoms with Crippen molar-refractivity contribution in [3.63, 3.8) is 0 Å². The van der Waals surface area contributed by atoms with Crippen LogP contribution in [0.1, 0.15) is 48.9 Å². The first-order chi connectivity index (χ1) is 15.0. The van der Waals surface area contributed by atoms with E-state index >= 15 is 0 Å². The van der Waals surface area contributed by atoms with Crippen molar-refractivity contribution in [2.45, 2.75) is 44.6 Å². The van der Waals surface area contributed by atoms with E-state index in [4.69, 9.17) is 22.1 Å². The fourth-order valence-corrected chi connectivity index (χ4v) is 4.13. The summed E-state index contributed by atoms with van der Waals surface area (Å²) in [4.78, 5) is 4.47. The zero-order chi connectivity index (χ0) is 21.7. The quantitative estimate of drug-likeness (QED) is 0.494. The molecule has 0 radical (unpaired) electrons. The number of rotatable bonds is 5. The maximum absolute atomic E-state index is 6.42. The number of pyridine rings is 1. The number of nitrogens with zero attached hydrogens (tertiary/aromatic N) is 1. The number of nitrogens with two attached hydrogens (primary N) is 1. The maximum atomic E-state index is 6.42. The Labute approximate surface area is 189 Å². The summed E-state index contributed by atoms with van der Waals surface area (Å²) in [5.41, 5.74) is 11.3.